The molecule has 52 heavy (non-hydrogen) atoms. The van der Waals surface area contributed by atoms with Crippen LogP contribution in [0.25, 0.3) is 66.7 Å². The molecule has 3 nitrogen and oxygen atoms in total. The van der Waals surface area contributed by atoms with E-state index in [2.05, 4.69) is 59.9 Å². The molecule has 0 unspecified atom stereocenters. The molecule has 3 aromatic heterocycles. The fraction of sp³-hybridized carbons (Fsp3) is 0.149. The maximum absolute atomic E-state index is 8.48. The van der Waals surface area contributed by atoms with Crippen molar-refractivity contribution in [3.8, 4) is 44.8 Å². The van der Waals surface area contributed by atoms with Gasteiger partial charge in [0.05, 0.1) is 20.5 Å². The van der Waals surface area contributed by atoms with Gasteiger partial charge in [-0.15, -0.1) is 53.6 Å². The van der Waals surface area contributed by atoms with Gasteiger partial charge in [0.2, 0.25) is 0 Å². The third-order valence-electron chi connectivity index (χ3n) is 8.68. The van der Waals surface area contributed by atoms with E-state index in [1.54, 1.807) is 30.5 Å². The Morgan fingerprint density at radius 3 is 2.27 bits per heavy atom. The van der Waals surface area contributed by atoms with Crippen LogP contribution in [0.5, 0.6) is 0 Å². The standard InChI is InChI=1S/C29H18NO.C18H24NSi.Ir/c1-3-8-20(9-4-1)22-14-15-24-25-12-7-13-26(29(25)31-28(24)19-22)27-18-23(16-17-30-27)21-10-5-2-6-11-21;1-13(2)16-11-17(15-9-7-14(3)8-10-15)19-12-18(16)20(4,5)6;/h1-12,14-19H;7-9,11-13H,1-6H3;/q2*-1;/i2D,5D,6D,10D,11D;3D3,13D;. The van der Waals surface area contributed by atoms with Crippen molar-refractivity contribution in [3.05, 3.63) is 163 Å². The Morgan fingerprint density at radius 2 is 1.56 bits per heavy atom. The Morgan fingerprint density at radius 1 is 0.769 bits per heavy atom. The Labute approximate surface area is 334 Å². The zero-order chi connectivity index (χ0) is 43.3. The first-order valence-corrected chi connectivity index (χ1v) is 20.2. The molecule has 0 atom stereocenters. The molecular formula is C47H42IrN2OSi-2. The van der Waals surface area contributed by atoms with Crippen molar-refractivity contribution in [3.63, 3.8) is 0 Å². The summed E-state index contributed by atoms with van der Waals surface area (Å²) >= 11 is 0. The van der Waals surface area contributed by atoms with Crippen LogP contribution in [0.2, 0.25) is 19.6 Å². The molecule has 261 valence electrons. The van der Waals surface area contributed by atoms with Gasteiger partial charge in [0.25, 0.3) is 0 Å². The van der Waals surface area contributed by atoms with Crippen molar-refractivity contribution in [2.75, 3.05) is 0 Å². The van der Waals surface area contributed by atoms with Gasteiger partial charge in [-0.25, -0.2) is 0 Å². The van der Waals surface area contributed by atoms with E-state index in [1.807, 2.05) is 68.6 Å². The normalized spacial score (nSPS) is 14.2. The third kappa shape index (κ3) is 7.93. The predicted molar refractivity (Wildman–Crippen MR) is 217 cm³/mol. The van der Waals surface area contributed by atoms with Crippen LogP contribution in [-0.2, 0) is 20.1 Å². The van der Waals surface area contributed by atoms with E-state index in [0.717, 1.165) is 44.3 Å². The number of fused-ring (bicyclic) bond motifs is 3. The summed E-state index contributed by atoms with van der Waals surface area (Å²) in [7, 11) is -1.61. The summed E-state index contributed by atoms with van der Waals surface area (Å²) in [6.45, 7) is 8.38. The molecule has 5 heteroatoms. The largest absolute Gasteiger partial charge is 0.501 e. The number of rotatable bonds is 6. The van der Waals surface area contributed by atoms with Crippen molar-refractivity contribution in [2.24, 2.45) is 0 Å². The van der Waals surface area contributed by atoms with E-state index >= 15 is 0 Å². The van der Waals surface area contributed by atoms with Gasteiger partial charge in [0.1, 0.15) is 5.58 Å². The van der Waals surface area contributed by atoms with Crippen LogP contribution < -0.4 is 5.19 Å². The number of benzene rings is 5. The third-order valence-corrected chi connectivity index (χ3v) is 10.7. The molecule has 0 spiro atoms. The smallest absolute Gasteiger partial charge is 0.121 e. The molecule has 0 aliphatic heterocycles. The minimum atomic E-state index is -2.13. The monoisotopic (exact) mass is 880 g/mol. The number of hydrogen-bond donors (Lipinski definition) is 0. The Kier molecular flexibility index (Phi) is 8.11. The van der Waals surface area contributed by atoms with Crippen molar-refractivity contribution in [1.29, 1.82) is 0 Å². The summed E-state index contributed by atoms with van der Waals surface area (Å²) in [5, 5.41) is 3.08. The van der Waals surface area contributed by atoms with Gasteiger partial charge >= 0.3 is 0 Å². The molecule has 0 amide bonds. The number of hydrogen-bond acceptors (Lipinski definition) is 3. The van der Waals surface area contributed by atoms with Crippen LogP contribution in [0.3, 0.4) is 0 Å². The first kappa shape index (κ1) is 26.8. The van der Waals surface area contributed by atoms with Crippen molar-refractivity contribution >= 4 is 35.2 Å². The van der Waals surface area contributed by atoms with E-state index in [0.29, 0.717) is 22.4 Å². The van der Waals surface area contributed by atoms with E-state index in [4.69, 9.17) is 16.8 Å². The van der Waals surface area contributed by atoms with E-state index in [9.17, 15) is 0 Å². The molecule has 8 rings (SSSR count). The van der Waals surface area contributed by atoms with E-state index in [-0.39, 0.29) is 55.4 Å². The molecule has 0 saturated heterocycles. The average molecular weight is 880 g/mol. The van der Waals surface area contributed by atoms with Gasteiger partial charge in [-0.1, -0.05) is 142 Å². The van der Waals surface area contributed by atoms with Crippen LogP contribution in [0, 0.1) is 19.0 Å². The van der Waals surface area contributed by atoms with Crippen LogP contribution in [0.15, 0.2) is 144 Å². The fourth-order valence-corrected chi connectivity index (χ4v) is 7.64. The average Bonchev–Trinajstić information content (AvgIpc) is 3.60. The molecule has 0 fully saturated rings. The van der Waals surface area contributed by atoms with Crippen molar-refractivity contribution in [2.45, 2.75) is 46.2 Å². The number of pyridine rings is 2. The quantitative estimate of drug-likeness (QED) is 0.123. The Bertz CT molecular complexity index is 2860. The molecule has 0 aliphatic rings. The van der Waals surface area contributed by atoms with E-state index in [1.165, 1.54) is 11.3 Å². The van der Waals surface area contributed by atoms with Gasteiger partial charge in [-0.3, -0.25) is 0 Å². The summed E-state index contributed by atoms with van der Waals surface area (Å²) < 4.78 is 77.6. The first-order valence-electron chi connectivity index (χ1n) is 21.2. The molecule has 3 heterocycles. The molecule has 0 saturated carbocycles. The molecule has 0 bridgehead atoms. The van der Waals surface area contributed by atoms with Crippen molar-refractivity contribution < 1.29 is 36.9 Å². The summed E-state index contributed by atoms with van der Waals surface area (Å²) in [6, 6.07) is 34.7. The fourth-order valence-electron chi connectivity index (χ4n) is 6.06. The summed E-state index contributed by atoms with van der Waals surface area (Å²) in [4.78, 5) is 9.06. The summed E-state index contributed by atoms with van der Waals surface area (Å²) in [6.07, 6.45) is 3.45. The van der Waals surface area contributed by atoms with Gasteiger partial charge in [0.15, 0.2) is 0 Å². The second-order valence-electron chi connectivity index (χ2n) is 13.6. The van der Waals surface area contributed by atoms with Gasteiger partial charge in [-0.2, -0.15) is 0 Å². The van der Waals surface area contributed by atoms with Gasteiger partial charge in [0, 0.05) is 43.4 Å². The van der Waals surface area contributed by atoms with Crippen LogP contribution >= 0.6 is 0 Å². The Hall–Kier alpha value is -4.93. The summed E-state index contributed by atoms with van der Waals surface area (Å²) in [5.41, 5.74) is 8.03. The maximum Gasteiger partial charge on any atom is 0.121 e. The Balaban J connectivity index is 0.000000218. The van der Waals surface area contributed by atoms with Crippen LogP contribution in [0.1, 0.15) is 43.2 Å². The molecular weight excluding hydrogens is 829 g/mol. The topological polar surface area (TPSA) is 38.9 Å². The molecule has 5 aromatic carbocycles. The second kappa shape index (κ2) is 15.8. The second-order valence-corrected chi connectivity index (χ2v) is 18.6. The summed E-state index contributed by atoms with van der Waals surface area (Å²) in [5.74, 6) is -0.716. The molecule has 0 aliphatic carbocycles. The zero-order valence-electron chi connectivity index (χ0n) is 38.5. The number of furan rings is 1. The van der Waals surface area contributed by atoms with Crippen LogP contribution in [0.4, 0.5) is 0 Å². The van der Waals surface area contributed by atoms with Crippen LogP contribution in [-0.4, -0.2) is 18.0 Å². The van der Waals surface area contributed by atoms with Gasteiger partial charge < -0.3 is 14.4 Å². The van der Waals surface area contributed by atoms with E-state index < -0.39 is 26.9 Å². The number of aromatic nitrogens is 2. The number of nitrogens with zero attached hydrogens (tertiary/aromatic N) is 2. The molecule has 8 aromatic rings. The van der Waals surface area contributed by atoms with Crippen molar-refractivity contribution in [1.82, 2.24) is 9.97 Å². The van der Waals surface area contributed by atoms with Gasteiger partial charge in [-0.05, 0) is 56.9 Å². The minimum absolute atomic E-state index is 0. The first-order chi connectivity index (χ1) is 28.2. The maximum atomic E-state index is 8.48. The predicted octanol–water partition coefficient (Wildman–Crippen LogP) is 12.3. The molecule has 0 N–H and O–H groups in total. The SMILES string of the molecule is [2H]C([2H])([2H])c1c[c-]c(-c2cc(C([2H])(C)C)c([Si](C)(C)C)cn2)cc1.[2H]c1c([2H])c([2H])c(-c2ccnc(-c3[c-]ccc4c3oc3cc(-c5ccccc5)ccc34)c2)c([2H])c1[2H].[Ir]. The number of aryl methyl sites for hydroxylation is 1. The zero-order valence-corrected chi connectivity index (χ0v) is 32.9. The molecule has 1 radical (unpaired) electrons. The minimum Gasteiger partial charge on any atom is -0.501 e.